The second-order valence-corrected chi connectivity index (χ2v) is 4.27. The Balaban J connectivity index is 1.67. The van der Waals surface area contributed by atoms with E-state index in [9.17, 15) is 0 Å². The van der Waals surface area contributed by atoms with E-state index in [-0.39, 0.29) is 6.10 Å². The Bertz CT molecular complexity index is 309. The van der Waals surface area contributed by atoms with Crippen molar-refractivity contribution in [2.75, 3.05) is 19.8 Å². The molecule has 2 atom stereocenters. The van der Waals surface area contributed by atoms with Crippen molar-refractivity contribution in [3.63, 3.8) is 0 Å². The number of hydrogen-bond donors (Lipinski definition) is 0. The van der Waals surface area contributed by atoms with E-state index >= 15 is 0 Å². The zero-order valence-electron chi connectivity index (χ0n) is 10.3. The van der Waals surface area contributed by atoms with Crippen LogP contribution >= 0.6 is 0 Å². The first-order chi connectivity index (χ1) is 8.38. The van der Waals surface area contributed by atoms with Gasteiger partial charge >= 0.3 is 0 Å². The molecule has 94 valence electrons. The van der Waals surface area contributed by atoms with Crippen LogP contribution in [0.2, 0.25) is 0 Å². The van der Waals surface area contributed by atoms with E-state index < -0.39 is 0 Å². The van der Waals surface area contributed by atoms with Crippen LogP contribution in [0.3, 0.4) is 0 Å². The summed E-state index contributed by atoms with van der Waals surface area (Å²) in [4.78, 5) is 0. The zero-order valence-corrected chi connectivity index (χ0v) is 10.3. The van der Waals surface area contributed by atoms with E-state index in [4.69, 9.17) is 14.2 Å². The molecule has 17 heavy (non-hydrogen) atoms. The molecule has 1 aromatic carbocycles. The maximum Gasteiger partial charge on any atom is 0.0835 e. The van der Waals surface area contributed by atoms with E-state index in [2.05, 4.69) is 12.1 Å². The average Bonchev–Trinajstić information content (AvgIpc) is 3.15. The van der Waals surface area contributed by atoms with Crippen LogP contribution in [-0.4, -0.2) is 32.0 Å². The van der Waals surface area contributed by atoms with Gasteiger partial charge in [-0.15, -0.1) is 0 Å². The minimum atomic E-state index is 0.163. The molecule has 0 aromatic heterocycles. The summed E-state index contributed by atoms with van der Waals surface area (Å²) < 4.78 is 16.5. The summed E-state index contributed by atoms with van der Waals surface area (Å²) in [6, 6.07) is 10.2. The number of ether oxygens (including phenoxy) is 3. The van der Waals surface area contributed by atoms with Crippen LogP contribution in [0, 0.1) is 0 Å². The minimum absolute atomic E-state index is 0.163. The fourth-order valence-electron chi connectivity index (χ4n) is 1.80. The van der Waals surface area contributed by atoms with Gasteiger partial charge in [0.2, 0.25) is 0 Å². The largest absolute Gasteiger partial charge is 0.376 e. The average molecular weight is 236 g/mol. The summed E-state index contributed by atoms with van der Waals surface area (Å²) in [6.45, 7) is 4.91. The van der Waals surface area contributed by atoms with Gasteiger partial charge in [0.25, 0.3) is 0 Å². The summed E-state index contributed by atoms with van der Waals surface area (Å²) >= 11 is 0. The lowest BCUT2D eigenvalue weighted by Gasteiger charge is -2.16. The topological polar surface area (TPSA) is 31.0 Å². The predicted molar refractivity (Wildman–Crippen MR) is 65.9 cm³/mol. The normalized spacial score (nSPS) is 20.2. The van der Waals surface area contributed by atoms with Crippen molar-refractivity contribution in [3.05, 3.63) is 35.9 Å². The molecule has 1 aliphatic rings. The number of epoxide rings is 1. The summed E-state index contributed by atoms with van der Waals surface area (Å²) in [7, 11) is 0. The highest BCUT2D eigenvalue weighted by Gasteiger charge is 2.27. The summed E-state index contributed by atoms with van der Waals surface area (Å²) in [6.07, 6.45) is 1.51. The first-order valence-electron chi connectivity index (χ1n) is 6.23. The molecular formula is C14H20O3. The van der Waals surface area contributed by atoms with Crippen LogP contribution in [0.4, 0.5) is 0 Å². The van der Waals surface area contributed by atoms with Crippen LogP contribution in [0.15, 0.2) is 30.3 Å². The lowest BCUT2D eigenvalue weighted by atomic mass is 10.2. The second kappa shape index (κ2) is 6.74. The van der Waals surface area contributed by atoms with Gasteiger partial charge in [-0.25, -0.2) is 0 Å². The molecule has 1 aromatic rings. The SMILES string of the molecule is CCOC(COCc1ccccc1)CC1CO1. The Kier molecular flexibility index (Phi) is 4.98. The highest BCUT2D eigenvalue weighted by atomic mass is 16.6. The molecule has 0 N–H and O–H groups in total. The molecular weight excluding hydrogens is 216 g/mol. The van der Waals surface area contributed by atoms with Gasteiger partial charge in [0.05, 0.1) is 32.0 Å². The van der Waals surface area contributed by atoms with Gasteiger partial charge < -0.3 is 14.2 Å². The Morgan fingerprint density at radius 3 is 2.76 bits per heavy atom. The predicted octanol–water partition coefficient (Wildman–Crippen LogP) is 2.40. The van der Waals surface area contributed by atoms with Gasteiger partial charge in [0.15, 0.2) is 0 Å². The van der Waals surface area contributed by atoms with Crippen LogP contribution in [0.25, 0.3) is 0 Å². The number of hydrogen-bond acceptors (Lipinski definition) is 3. The maximum absolute atomic E-state index is 5.68. The van der Waals surface area contributed by atoms with Crippen molar-refractivity contribution in [1.82, 2.24) is 0 Å². The second-order valence-electron chi connectivity index (χ2n) is 4.27. The molecule has 1 saturated heterocycles. The summed E-state index contributed by atoms with van der Waals surface area (Å²) in [5.41, 5.74) is 1.20. The van der Waals surface area contributed by atoms with Crippen molar-refractivity contribution < 1.29 is 14.2 Å². The molecule has 0 spiro atoms. The van der Waals surface area contributed by atoms with Crippen molar-refractivity contribution >= 4 is 0 Å². The first kappa shape index (κ1) is 12.6. The summed E-state index contributed by atoms with van der Waals surface area (Å²) in [5.74, 6) is 0. The third kappa shape index (κ3) is 4.86. The lowest BCUT2D eigenvalue weighted by Crippen LogP contribution is -2.22. The molecule has 1 heterocycles. The fraction of sp³-hybridized carbons (Fsp3) is 0.571. The molecule has 3 nitrogen and oxygen atoms in total. The van der Waals surface area contributed by atoms with Crippen molar-refractivity contribution in [1.29, 1.82) is 0 Å². The lowest BCUT2D eigenvalue weighted by molar-refractivity contribution is -0.0237. The monoisotopic (exact) mass is 236 g/mol. The molecule has 2 unspecified atom stereocenters. The van der Waals surface area contributed by atoms with E-state index in [1.54, 1.807) is 0 Å². The summed E-state index contributed by atoms with van der Waals surface area (Å²) in [5, 5.41) is 0. The Morgan fingerprint density at radius 2 is 2.12 bits per heavy atom. The first-order valence-corrected chi connectivity index (χ1v) is 6.23. The quantitative estimate of drug-likeness (QED) is 0.649. The van der Waals surface area contributed by atoms with Gasteiger partial charge in [0, 0.05) is 13.0 Å². The third-order valence-electron chi connectivity index (χ3n) is 2.75. The Hall–Kier alpha value is -0.900. The molecule has 0 bridgehead atoms. The molecule has 1 fully saturated rings. The number of rotatable bonds is 8. The molecule has 2 rings (SSSR count). The van der Waals surface area contributed by atoms with Crippen LogP contribution in [0.1, 0.15) is 18.9 Å². The van der Waals surface area contributed by atoms with Crippen molar-refractivity contribution in [2.24, 2.45) is 0 Å². The maximum atomic E-state index is 5.68. The van der Waals surface area contributed by atoms with Crippen LogP contribution in [-0.2, 0) is 20.8 Å². The van der Waals surface area contributed by atoms with Gasteiger partial charge in [0.1, 0.15) is 0 Å². The molecule has 0 radical (unpaired) electrons. The van der Waals surface area contributed by atoms with Crippen molar-refractivity contribution in [2.45, 2.75) is 32.2 Å². The Labute approximate surface area is 103 Å². The van der Waals surface area contributed by atoms with Gasteiger partial charge in [-0.1, -0.05) is 30.3 Å². The third-order valence-corrected chi connectivity index (χ3v) is 2.75. The molecule has 0 saturated carbocycles. The van der Waals surface area contributed by atoms with Gasteiger partial charge in [-0.2, -0.15) is 0 Å². The van der Waals surface area contributed by atoms with E-state index in [1.165, 1.54) is 5.56 Å². The van der Waals surface area contributed by atoms with E-state index in [0.29, 0.717) is 19.3 Å². The zero-order chi connectivity index (χ0) is 11.9. The molecule has 1 aliphatic heterocycles. The number of benzene rings is 1. The van der Waals surface area contributed by atoms with Crippen LogP contribution in [0.5, 0.6) is 0 Å². The Morgan fingerprint density at radius 1 is 1.35 bits per heavy atom. The highest BCUT2D eigenvalue weighted by molar-refractivity contribution is 5.13. The molecule has 0 amide bonds. The van der Waals surface area contributed by atoms with Crippen LogP contribution < -0.4 is 0 Å². The minimum Gasteiger partial charge on any atom is -0.376 e. The fourth-order valence-corrected chi connectivity index (χ4v) is 1.80. The van der Waals surface area contributed by atoms with Crippen molar-refractivity contribution in [3.8, 4) is 0 Å². The van der Waals surface area contributed by atoms with E-state index in [0.717, 1.165) is 19.6 Å². The van der Waals surface area contributed by atoms with Gasteiger partial charge in [-0.3, -0.25) is 0 Å². The molecule has 0 aliphatic carbocycles. The van der Waals surface area contributed by atoms with E-state index in [1.807, 2.05) is 25.1 Å². The van der Waals surface area contributed by atoms with Gasteiger partial charge in [-0.05, 0) is 12.5 Å². The smallest absolute Gasteiger partial charge is 0.0835 e. The molecule has 3 heteroatoms. The highest BCUT2D eigenvalue weighted by Crippen LogP contribution is 2.18. The standard InChI is InChI=1S/C14H20O3/c1-2-16-13(8-14-11-17-14)10-15-9-12-6-4-3-5-7-12/h3-7,13-14H,2,8-11H2,1H3.